The molecule has 6 nitrogen and oxygen atoms in total. The van der Waals surface area contributed by atoms with Gasteiger partial charge in [-0.3, -0.25) is 9.59 Å². The number of carbonyl (C=O) groups is 2. The van der Waals surface area contributed by atoms with Gasteiger partial charge in [0, 0.05) is 11.4 Å². The zero-order chi connectivity index (χ0) is 36.3. The minimum absolute atomic E-state index is 0.0889. The van der Waals surface area contributed by atoms with Gasteiger partial charge in [0.05, 0.1) is 20.9 Å². The van der Waals surface area contributed by atoms with E-state index in [-0.39, 0.29) is 11.6 Å². The molecule has 0 unspecified atom stereocenters. The number of hydrogen-bond donors (Lipinski definition) is 0. The lowest BCUT2D eigenvalue weighted by atomic mass is 10.1. The molecule has 0 amide bonds. The molecule has 0 saturated heterocycles. The Morgan fingerprint density at radius 2 is 1.10 bits per heavy atom. The normalized spacial score (nSPS) is 11.3. The van der Waals surface area contributed by atoms with E-state index in [1.165, 1.54) is 67.6 Å². The SMILES string of the molecule is CC(C)c1ccc(C(=O)c2cccs2)c(SCCCCCCN(C)C)n1.Cc1ccc(C(=O)c2cccs2)c(SCCCCCCN(C)C)n1. The zero-order valence-corrected chi connectivity index (χ0v) is 34.3. The summed E-state index contributed by atoms with van der Waals surface area (Å²) in [6, 6.07) is 15.4. The summed E-state index contributed by atoms with van der Waals surface area (Å²) >= 11 is 6.43. The molecule has 4 rings (SSSR count). The van der Waals surface area contributed by atoms with Gasteiger partial charge in [-0.25, -0.2) is 9.97 Å². The average molecular weight is 753 g/mol. The molecule has 0 radical (unpaired) electrons. The number of ketones is 2. The lowest BCUT2D eigenvalue weighted by Crippen LogP contribution is -2.12. The maximum Gasteiger partial charge on any atom is 0.205 e. The smallest absolute Gasteiger partial charge is 0.205 e. The lowest BCUT2D eigenvalue weighted by Gasteiger charge is -2.12. The molecule has 4 aromatic rings. The fraction of sp³-hybridized carbons (Fsp3) is 0.500. The summed E-state index contributed by atoms with van der Waals surface area (Å²) in [4.78, 5) is 40.9. The fourth-order valence-corrected chi connectivity index (χ4v) is 8.51. The summed E-state index contributed by atoms with van der Waals surface area (Å²) < 4.78 is 0. The van der Waals surface area contributed by atoms with Gasteiger partial charge < -0.3 is 9.80 Å². The van der Waals surface area contributed by atoms with Crippen molar-refractivity contribution in [3.63, 3.8) is 0 Å². The third-order valence-electron chi connectivity index (χ3n) is 7.93. The van der Waals surface area contributed by atoms with Crippen molar-refractivity contribution in [1.29, 1.82) is 0 Å². The van der Waals surface area contributed by atoms with Crippen LogP contribution in [0.15, 0.2) is 69.3 Å². The van der Waals surface area contributed by atoms with Crippen molar-refractivity contribution in [3.8, 4) is 0 Å². The average Bonchev–Trinajstić information content (AvgIpc) is 3.83. The van der Waals surface area contributed by atoms with Crippen LogP contribution in [-0.4, -0.2) is 84.1 Å². The number of hydrogen-bond acceptors (Lipinski definition) is 10. The van der Waals surface area contributed by atoms with Crippen molar-refractivity contribution in [3.05, 3.63) is 91.6 Å². The van der Waals surface area contributed by atoms with E-state index in [9.17, 15) is 9.59 Å². The van der Waals surface area contributed by atoms with Crippen LogP contribution in [0.2, 0.25) is 0 Å². The first-order valence-corrected chi connectivity index (χ1v) is 21.5. The van der Waals surface area contributed by atoms with Gasteiger partial charge >= 0.3 is 0 Å². The highest BCUT2D eigenvalue weighted by Gasteiger charge is 2.18. The Labute approximate surface area is 317 Å². The number of rotatable bonds is 21. The molecule has 0 N–H and O–H groups in total. The van der Waals surface area contributed by atoms with E-state index < -0.39 is 0 Å². The molecule has 0 fully saturated rings. The number of thiophene rings is 2. The molecule has 0 aliphatic heterocycles. The molecular weight excluding hydrogens is 697 g/mol. The highest BCUT2D eigenvalue weighted by atomic mass is 32.2. The topological polar surface area (TPSA) is 66.4 Å². The zero-order valence-electron chi connectivity index (χ0n) is 31.1. The number of thioether (sulfide) groups is 2. The van der Waals surface area contributed by atoms with Gasteiger partial charge in [-0.2, -0.15) is 0 Å². The molecule has 0 spiro atoms. The van der Waals surface area contributed by atoms with Crippen molar-refractivity contribution < 1.29 is 9.59 Å². The number of unbranched alkanes of at least 4 members (excludes halogenated alkanes) is 6. The Bertz CT molecular complexity index is 1550. The van der Waals surface area contributed by atoms with Crippen LogP contribution in [0.5, 0.6) is 0 Å². The Morgan fingerprint density at radius 3 is 1.54 bits per heavy atom. The Morgan fingerprint density at radius 1 is 0.640 bits per heavy atom. The van der Waals surface area contributed by atoms with Crippen LogP contribution in [0, 0.1) is 6.92 Å². The first kappa shape index (κ1) is 42.1. The van der Waals surface area contributed by atoms with Gasteiger partial charge in [0.25, 0.3) is 0 Å². The molecule has 50 heavy (non-hydrogen) atoms. The number of nitrogens with zero attached hydrogens (tertiary/aromatic N) is 4. The predicted octanol–water partition coefficient (Wildman–Crippen LogP) is 10.6. The van der Waals surface area contributed by atoms with E-state index in [1.807, 2.05) is 66.2 Å². The van der Waals surface area contributed by atoms with E-state index >= 15 is 0 Å². The highest BCUT2D eigenvalue weighted by Crippen LogP contribution is 2.29. The number of aromatic nitrogens is 2. The molecule has 0 atom stereocenters. The Kier molecular flexibility index (Phi) is 19.6. The van der Waals surface area contributed by atoms with Gasteiger partial charge in [0.1, 0.15) is 10.1 Å². The van der Waals surface area contributed by atoms with E-state index in [2.05, 4.69) is 56.8 Å². The largest absolute Gasteiger partial charge is 0.309 e. The van der Waals surface area contributed by atoms with Crippen LogP contribution >= 0.6 is 46.2 Å². The first-order chi connectivity index (χ1) is 24.1. The van der Waals surface area contributed by atoms with Crippen LogP contribution in [-0.2, 0) is 0 Å². The number of aryl methyl sites for hydroxylation is 1. The van der Waals surface area contributed by atoms with Crippen LogP contribution in [0.4, 0.5) is 0 Å². The van der Waals surface area contributed by atoms with Crippen molar-refractivity contribution in [2.45, 2.75) is 88.1 Å². The van der Waals surface area contributed by atoms with Crippen molar-refractivity contribution in [2.24, 2.45) is 0 Å². The maximum atomic E-state index is 12.8. The van der Waals surface area contributed by atoms with Crippen molar-refractivity contribution in [1.82, 2.24) is 19.8 Å². The second-order valence-corrected chi connectivity index (χ2v) is 17.4. The third-order valence-corrected chi connectivity index (χ3v) is 11.8. The molecule has 272 valence electrons. The molecule has 4 heterocycles. The minimum atomic E-state index is 0.0889. The van der Waals surface area contributed by atoms with Crippen molar-refractivity contribution >= 4 is 57.8 Å². The van der Waals surface area contributed by atoms with Gasteiger partial charge in [0.2, 0.25) is 11.6 Å². The first-order valence-electron chi connectivity index (χ1n) is 17.8. The van der Waals surface area contributed by atoms with Gasteiger partial charge in [0.15, 0.2) is 0 Å². The molecule has 0 aliphatic carbocycles. The summed E-state index contributed by atoms with van der Waals surface area (Å²) in [7, 11) is 8.47. The Balaban J connectivity index is 0.000000271. The maximum absolute atomic E-state index is 12.8. The molecule has 4 aromatic heterocycles. The van der Waals surface area contributed by atoms with Gasteiger partial charge in [-0.15, -0.1) is 46.2 Å². The fourth-order valence-electron chi connectivity index (χ4n) is 5.06. The van der Waals surface area contributed by atoms with Gasteiger partial charge in [-0.1, -0.05) is 51.7 Å². The summed E-state index contributed by atoms with van der Waals surface area (Å²) in [5.41, 5.74) is 3.50. The van der Waals surface area contributed by atoms with Crippen molar-refractivity contribution in [2.75, 3.05) is 52.8 Å². The molecule has 10 heteroatoms. The summed E-state index contributed by atoms with van der Waals surface area (Å²) in [5.74, 6) is 2.58. The molecule has 0 aromatic carbocycles. The predicted molar refractivity (Wildman–Crippen MR) is 218 cm³/mol. The summed E-state index contributed by atoms with van der Waals surface area (Å²) in [6.07, 6.45) is 9.84. The number of carbonyl (C=O) groups excluding carboxylic acids is 2. The van der Waals surface area contributed by atoms with Gasteiger partial charge in [-0.05, 0) is 138 Å². The van der Waals surface area contributed by atoms with Crippen LogP contribution in [0.1, 0.15) is 113 Å². The number of pyridine rings is 2. The van der Waals surface area contributed by atoms with E-state index in [4.69, 9.17) is 4.98 Å². The van der Waals surface area contributed by atoms with E-state index in [0.717, 1.165) is 73.3 Å². The molecule has 0 aliphatic rings. The second-order valence-electron chi connectivity index (χ2n) is 13.3. The highest BCUT2D eigenvalue weighted by molar-refractivity contribution is 7.99. The van der Waals surface area contributed by atoms with E-state index in [0.29, 0.717) is 5.92 Å². The quantitative estimate of drug-likeness (QED) is 0.0474. The second kappa shape index (κ2) is 23.3. The molecule has 0 saturated carbocycles. The summed E-state index contributed by atoms with van der Waals surface area (Å²) in [5, 5.41) is 5.66. The van der Waals surface area contributed by atoms with E-state index in [1.54, 1.807) is 23.5 Å². The monoisotopic (exact) mass is 752 g/mol. The van der Waals surface area contributed by atoms with Crippen LogP contribution in [0.3, 0.4) is 0 Å². The minimum Gasteiger partial charge on any atom is -0.309 e. The molecule has 0 bridgehead atoms. The third kappa shape index (κ3) is 15.1. The summed E-state index contributed by atoms with van der Waals surface area (Å²) in [6.45, 7) is 8.58. The van der Waals surface area contributed by atoms with Crippen LogP contribution < -0.4 is 0 Å². The van der Waals surface area contributed by atoms with Crippen LogP contribution in [0.25, 0.3) is 0 Å². The lowest BCUT2D eigenvalue weighted by molar-refractivity contribution is 0.103. The Hall–Kier alpha value is -2.34. The molecular formula is C40H56N4O2S4. The standard InChI is InChI=1S/C21H30N2OS2.C19H26N2OS2/c1-16(2)18-12-11-17(20(24)19-10-9-15-25-19)21(22-18)26-14-8-6-5-7-13-23(3)4;1-15-10-11-16(18(22)17-9-8-14-23-17)19(20-15)24-13-7-5-4-6-12-21(2)3/h9-12,15-16H,5-8,13-14H2,1-4H3;8-11,14H,4-7,12-13H2,1-3H3.